The molecule has 0 radical (unpaired) electrons. The zero-order valence-electron chi connectivity index (χ0n) is 8.93. The van der Waals surface area contributed by atoms with Gasteiger partial charge in [-0.1, -0.05) is 0 Å². The molecule has 0 aliphatic carbocycles. The molecule has 18 heavy (non-hydrogen) atoms. The number of nitrogens with two attached hydrogens (primary N) is 1. The lowest BCUT2D eigenvalue weighted by Gasteiger charge is -2.15. The van der Waals surface area contributed by atoms with E-state index in [0.29, 0.717) is 0 Å². The van der Waals surface area contributed by atoms with Crippen LogP contribution in [0.15, 0.2) is 6.07 Å². The maximum atomic E-state index is 12.7. The van der Waals surface area contributed by atoms with E-state index >= 15 is 0 Å². The first-order chi connectivity index (χ1) is 8.31. The van der Waals surface area contributed by atoms with Gasteiger partial charge >= 0.3 is 6.18 Å². The fourth-order valence-corrected chi connectivity index (χ4v) is 1.45. The average molecular weight is 265 g/mol. The van der Waals surface area contributed by atoms with E-state index < -0.39 is 42.4 Å². The third-order valence-corrected chi connectivity index (χ3v) is 2.18. The van der Waals surface area contributed by atoms with Crippen LogP contribution in [0.5, 0.6) is 0 Å². The van der Waals surface area contributed by atoms with Crippen LogP contribution in [0.2, 0.25) is 0 Å². The highest BCUT2D eigenvalue weighted by atomic mass is 19.4. The molecule has 0 bridgehead atoms. The molecule has 0 aromatic carbocycles. The number of rotatable bonds is 3. The zero-order chi connectivity index (χ0) is 13.9. The Kier molecular flexibility index (Phi) is 4.19. The van der Waals surface area contributed by atoms with Gasteiger partial charge in [0.15, 0.2) is 0 Å². The summed E-state index contributed by atoms with van der Waals surface area (Å²) in [6.07, 6.45) is -8.81. The normalized spacial score (nSPS) is 11.7. The van der Waals surface area contributed by atoms with Crippen LogP contribution in [0.4, 0.5) is 22.0 Å². The van der Waals surface area contributed by atoms with Gasteiger partial charge < -0.3 is 5.73 Å². The van der Waals surface area contributed by atoms with E-state index in [1.54, 1.807) is 0 Å². The van der Waals surface area contributed by atoms with E-state index in [0.717, 1.165) is 6.07 Å². The molecule has 3 nitrogen and oxygen atoms in total. The van der Waals surface area contributed by atoms with Crippen molar-refractivity contribution in [2.45, 2.75) is 25.6 Å². The van der Waals surface area contributed by atoms with Gasteiger partial charge in [-0.3, -0.25) is 0 Å². The highest BCUT2D eigenvalue weighted by Crippen LogP contribution is 2.35. The quantitative estimate of drug-likeness (QED) is 0.854. The molecular formula is C10H8F5N3. The molecule has 2 N–H and O–H groups in total. The first-order valence-corrected chi connectivity index (χ1v) is 4.76. The lowest BCUT2D eigenvalue weighted by Crippen LogP contribution is -2.17. The Morgan fingerprint density at radius 3 is 2.39 bits per heavy atom. The highest BCUT2D eigenvalue weighted by molar-refractivity contribution is 5.37. The van der Waals surface area contributed by atoms with E-state index in [-0.39, 0.29) is 5.69 Å². The molecule has 0 fully saturated rings. The third kappa shape index (κ3) is 2.92. The van der Waals surface area contributed by atoms with E-state index in [9.17, 15) is 22.0 Å². The Labute approximate surface area is 99.0 Å². The van der Waals surface area contributed by atoms with Crippen LogP contribution in [0.25, 0.3) is 0 Å². The Morgan fingerprint density at radius 1 is 1.39 bits per heavy atom. The van der Waals surface area contributed by atoms with E-state index in [1.807, 2.05) is 0 Å². The molecule has 0 saturated carbocycles. The topological polar surface area (TPSA) is 62.7 Å². The Morgan fingerprint density at radius 2 is 2.00 bits per heavy atom. The summed E-state index contributed by atoms with van der Waals surface area (Å²) in [4.78, 5) is 3.19. The van der Waals surface area contributed by atoms with Gasteiger partial charge in [-0.2, -0.15) is 18.4 Å². The van der Waals surface area contributed by atoms with E-state index in [2.05, 4.69) is 4.98 Å². The van der Waals surface area contributed by atoms with E-state index in [4.69, 9.17) is 11.0 Å². The second kappa shape index (κ2) is 5.27. The predicted octanol–water partition coefficient (Wildman–Crippen LogP) is 2.56. The summed E-state index contributed by atoms with van der Waals surface area (Å²) in [5.74, 6) is 0. The van der Waals surface area contributed by atoms with Gasteiger partial charge in [-0.25, -0.2) is 13.8 Å². The highest BCUT2D eigenvalue weighted by Gasteiger charge is 2.37. The number of nitriles is 1. The number of pyridine rings is 1. The number of aromatic nitrogens is 1. The van der Waals surface area contributed by atoms with Gasteiger partial charge in [-0.15, -0.1) is 0 Å². The molecule has 0 aliphatic heterocycles. The van der Waals surface area contributed by atoms with Crippen LogP contribution < -0.4 is 5.73 Å². The number of nitrogens with zero attached hydrogens (tertiary/aromatic N) is 2. The molecule has 98 valence electrons. The minimum Gasteiger partial charge on any atom is -0.325 e. The minimum absolute atomic E-state index is 0.292. The van der Waals surface area contributed by atoms with Gasteiger partial charge in [0.2, 0.25) is 0 Å². The molecule has 1 rings (SSSR count). The van der Waals surface area contributed by atoms with Crippen LogP contribution in [0.1, 0.15) is 28.9 Å². The molecule has 1 heterocycles. The second-order valence-electron chi connectivity index (χ2n) is 3.37. The molecule has 0 aliphatic rings. The number of alkyl halides is 5. The van der Waals surface area contributed by atoms with Crippen molar-refractivity contribution in [3.8, 4) is 6.07 Å². The van der Waals surface area contributed by atoms with Gasteiger partial charge in [0.25, 0.3) is 6.43 Å². The third-order valence-electron chi connectivity index (χ3n) is 2.18. The largest absolute Gasteiger partial charge is 0.433 e. The average Bonchev–Trinajstić information content (AvgIpc) is 2.27. The fraction of sp³-hybridized carbons (Fsp3) is 0.400. The fourth-order valence-electron chi connectivity index (χ4n) is 1.45. The minimum atomic E-state index is -4.90. The molecule has 1 aromatic heterocycles. The van der Waals surface area contributed by atoms with Crippen molar-refractivity contribution in [3.05, 3.63) is 28.6 Å². The lowest BCUT2D eigenvalue weighted by molar-refractivity contribution is -0.142. The predicted molar refractivity (Wildman–Crippen MR) is 51.4 cm³/mol. The van der Waals surface area contributed by atoms with Crippen molar-refractivity contribution in [3.63, 3.8) is 0 Å². The first-order valence-electron chi connectivity index (χ1n) is 4.76. The van der Waals surface area contributed by atoms with Crippen molar-refractivity contribution in [1.29, 1.82) is 5.26 Å². The Bertz CT molecular complexity index is 476. The van der Waals surface area contributed by atoms with Crippen LogP contribution in [-0.2, 0) is 19.1 Å². The van der Waals surface area contributed by atoms with Crippen LogP contribution in [0.3, 0.4) is 0 Å². The van der Waals surface area contributed by atoms with Gasteiger partial charge in [0.05, 0.1) is 18.2 Å². The van der Waals surface area contributed by atoms with Crippen molar-refractivity contribution in [1.82, 2.24) is 4.98 Å². The maximum absolute atomic E-state index is 12.7. The standard InChI is InChI=1S/C10H8F5N3/c11-9(12)7-3-5(4-17)18-8(10(13,14)15)6(7)1-2-16/h3,9H,1,4,17H2. The SMILES string of the molecule is N#CCc1c(C(F)F)cc(CN)nc1C(F)(F)F. The molecule has 0 unspecified atom stereocenters. The Hall–Kier alpha value is -1.75. The number of hydrogen-bond donors (Lipinski definition) is 1. The van der Waals surface area contributed by atoms with Crippen molar-refractivity contribution in [2.24, 2.45) is 5.73 Å². The molecule has 0 amide bonds. The van der Waals surface area contributed by atoms with Crippen LogP contribution in [-0.4, -0.2) is 4.98 Å². The van der Waals surface area contributed by atoms with Crippen molar-refractivity contribution >= 4 is 0 Å². The summed E-state index contributed by atoms with van der Waals surface area (Å²) in [6.45, 7) is -0.393. The zero-order valence-corrected chi connectivity index (χ0v) is 8.93. The summed E-state index contributed by atoms with van der Waals surface area (Å²) >= 11 is 0. The molecule has 0 saturated heterocycles. The van der Waals surface area contributed by atoms with Crippen LogP contribution in [0, 0.1) is 11.3 Å². The Balaban J connectivity index is 3.56. The smallest absolute Gasteiger partial charge is 0.325 e. The summed E-state index contributed by atoms with van der Waals surface area (Å²) in [6, 6.07) is 2.22. The summed E-state index contributed by atoms with van der Waals surface area (Å²) < 4.78 is 63.4. The first kappa shape index (κ1) is 14.3. The number of hydrogen-bond acceptors (Lipinski definition) is 3. The van der Waals surface area contributed by atoms with Crippen LogP contribution >= 0.6 is 0 Å². The lowest BCUT2D eigenvalue weighted by atomic mass is 10.0. The van der Waals surface area contributed by atoms with E-state index in [1.165, 1.54) is 6.07 Å². The van der Waals surface area contributed by atoms with Gasteiger partial charge in [0.1, 0.15) is 5.69 Å². The van der Waals surface area contributed by atoms with Gasteiger partial charge in [0, 0.05) is 17.7 Å². The molecule has 0 atom stereocenters. The molecule has 8 heteroatoms. The van der Waals surface area contributed by atoms with Crippen molar-refractivity contribution in [2.75, 3.05) is 0 Å². The number of halogens is 5. The summed E-state index contributed by atoms with van der Waals surface area (Å²) in [7, 11) is 0. The summed E-state index contributed by atoms with van der Waals surface area (Å²) in [5.41, 5.74) is 1.71. The van der Waals surface area contributed by atoms with Gasteiger partial charge in [-0.05, 0) is 6.07 Å². The maximum Gasteiger partial charge on any atom is 0.433 e. The van der Waals surface area contributed by atoms with Crippen molar-refractivity contribution < 1.29 is 22.0 Å². The monoisotopic (exact) mass is 265 g/mol. The molecule has 0 spiro atoms. The summed E-state index contributed by atoms with van der Waals surface area (Å²) in [5, 5.41) is 8.43. The molecule has 1 aromatic rings. The molecular weight excluding hydrogens is 257 g/mol. The second-order valence-corrected chi connectivity index (χ2v) is 3.37.